The summed E-state index contributed by atoms with van der Waals surface area (Å²) in [5.74, 6) is 0.768. The summed E-state index contributed by atoms with van der Waals surface area (Å²) in [5.41, 5.74) is 0. The van der Waals surface area contributed by atoms with E-state index in [1.807, 2.05) is 53.9 Å². The highest BCUT2D eigenvalue weighted by Gasteiger charge is 2.13. The Bertz CT molecular complexity index is 803. The lowest BCUT2D eigenvalue weighted by Crippen LogP contribution is -2.39. The molecule has 0 spiro atoms. The third-order valence-electron chi connectivity index (χ3n) is 3.57. The van der Waals surface area contributed by atoms with Gasteiger partial charge in [0.05, 0.1) is 13.1 Å². The molecule has 0 saturated carbocycles. The van der Waals surface area contributed by atoms with Crippen molar-refractivity contribution in [2.75, 3.05) is 19.7 Å². The van der Waals surface area contributed by atoms with E-state index in [0.717, 1.165) is 15.5 Å². The van der Waals surface area contributed by atoms with E-state index in [0.29, 0.717) is 13.2 Å². The van der Waals surface area contributed by atoms with Gasteiger partial charge in [-0.15, -0.1) is 22.7 Å². The fraction of sp³-hybridized carbons (Fsp3) is 0.211. The minimum absolute atomic E-state index is 0.162. The van der Waals surface area contributed by atoms with E-state index in [1.165, 1.54) is 16.2 Å². The number of rotatable bonds is 8. The number of amides is 2. The van der Waals surface area contributed by atoms with Gasteiger partial charge < -0.3 is 20.5 Å². The summed E-state index contributed by atoms with van der Waals surface area (Å²) in [4.78, 5) is 14.9. The van der Waals surface area contributed by atoms with E-state index in [4.69, 9.17) is 4.74 Å². The van der Waals surface area contributed by atoms with E-state index in [-0.39, 0.29) is 12.6 Å². The van der Waals surface area contributed by atoms with Crippen LogP contribution in [0.3, 0.4) is 0 Å². The lowest BCUT2D eigenvalue weighted by molar-refractivity contribution is 0.176. The Hall–Kier alpha value is -2.35. The van der Waals surface area contributed by atoms with Crippen molar-refractivity contribution in [2.45, 2.75) is 6.10 Å². The lowest BCUT2D eigenvalue weighted by Gasteiger charge is -2.12. The molecular weight excluding hydrogens is 368 g/mol. The Morgan fingerprint density at radius 3 is 2.65 bits per heavy atom. The van der Waals surface area contributed by atoms with Crippen molar-refractivity contribution in [3.8, 4) is 15.5 Å². The number of hydrogen-bond acceptors (Lipinski definition) is 5. The van der Waals surface area contributed by atoms with Gasteiger partial charge in [-0.25, -0.2) is 4.79 Å². The highest BCUT2D eigenvalue weighted by molar-refractivity contribution is 7.21. The molecule has 5 nitrogen and oxygen atoms in total. The van der Waals surface area contributed by atoms with Gasteiger partial charge in [-0.05, 0) is 35.7 Å². The van der Waals surface area contributed by atoms with Crippen LogP contribution in [0.2, 0.25) is 0 Å². The summed E-state index contributed by atoms with van der Waals surface area (Å²) in [6.45, 7) is 0.934. The van der Waals surface area contributed by atoms with Crippen LogP contribution in [0.15, 0.2) is 60.0 Å². The van der Waals surface area contributed by atoms with Gasteiger partial charge >= 0.3 is 6.03 Å². The minimum Gasteiger partial charge on any atom is -0.492 e. The number of nitrogens with one attached hydrogen (secondary N) is 2. The van der Waals surface area contributed by atoms with Crippen LogP contribution in [0.1, 0.15) is 11.0 Å². The van der Waals surface area contributed by atoms with Gasteiger partial charge in [0.2, 0.25) is 0 Å². The van der Waals surface area contributed by atoms with Crippen LogP contribution in [0, 0.1) is 0 Å². The zero-order valence-electron chi connectivity index (χ0n) is 14.1. The fourth-order valence-electron chi connectivity index (χ4n) is 2.29. The number of urea groups is 1. The normalized spacial score (nSPS) is 11.7. The smallest absolute Gasteiger partial charge is 0.315 e. The van der Waals surface area contributed by atoms with Crippen molar-refractivity contribution < 1.29 is 14.6 Å². The summed E-state index contributed by atoms with van der Waals surface area (Å²) in [6, 6.07) is 17.1. The zero-order valence-corrected chi connectivity index (χ0v) is 15.7. The first-order valence-electron chi connectivity index (χ1n) is 8.23. The van der Waals surface area contributed by atoms with Crippen molar-refractivity contribution in [3.63, 3.8) is 0 Å². The maximum Gasteiger partial charge on any atom is 0.315 e. The maximum atomic E-state index is 11.8. The Kier molecular flexibility index (Phi) is 6.65. The molecule has 0 aliphatic carbocycles. The summed E-state index contributed by atoms with van der Waals surface area (Å²) < 4.78 is 5.50. The third-order valence-corrected chi connectivity index (χ3v) is 5.83. The Morgan fingerprint density at radius 2 is 1.88 bits per heavy atom. The van der Waals surface area contributed by atoms with Gasteiger partial charge in [-0.1, -0.05) is 24.3 Å². The second-order valence-corrected chi connectivity index (χ2v) is 7.56. The number of thiophene rings is 2. The van der Waals surface area contributed by atoms with Crippen LogP contribution in [0.4, 0.5) is 4.79 Å². The molecular formula is C19H20N2O3S2. The number of para-hydroxylation sites is 1. The van der Waals surface area contributed by atoms with Crippen LogP contribution < -0.4 is 15.4 Å². The number of benzene rings is 1. The number of carbonyl (C=O) groups excluding carboxylic acids is 1. The van der Waals surface area contributed by atoms with E-state index in [2.05, 4.69) is 16.7 Å². The molecule has 0 bridgehead atoms. The van der Waals surface area contributed by atoms with Gasteiger partial charge in [-0.3, -0.25) is 0 Å². The van der Waals surface area contributed by atoms with Crippen molar-refractivity contribution in [3.05, 3.63) is 64.9 Å². The zero-order chi connectivity index (χ0) is 18.2. The predicted octanol–water partition coefficient (Wildman–Crippen LogP) is 3.89. The van der Waals surface area contributed by atoms with Gasteiger partial charge in [0, 0.05) is 14.6 Å². The number of aliphatic hydroxyl groups excluding tert-OH is 1. The summed E-state index contributed by atoms with van der Waals surface area (Å²) >= 11 is 3.20. The molecule has 2 heterocycles. The molecule has 7 heteroatoms. The third kappa shape index (κ3) is 5.32. The molecule has 3 rings (SSSR count). The van der Waals surface area contributed by atoms with Crippen molar-refractivity contribution in [1.29, 1.82) is 0 Å². The van der Waals surface area contributed by atoms with Crippen molar-refractivity contribution >= 4 is 28.7 Å². The minimum atomic E-state index is -0.722. The molecule has 136 valence electrons. The van der Waals surface area contributed by atoms with Crippen molar-refractivity contribution in [2.24, 2.45) is 0 Å². The average molecular weight is 389 g/mol. The number of aliphatic hydroxyl groups is 1. The second kappa shape index (κ2) is 9.38. The molecule has 2 aromatic heterocycles. The molecule has 26 heavy (non-hydrogen) atoms. The largest absolute Gasteiger partial charge is 0.492 e. The van der Waals surface area contributed by atoms with Crippen LogP contribution in [-0.2, 0) is 0 Å². The van der Waals surface area contributed by atoms with E-state index in [1.54, 1.807) is 11.3 Å². The maximum absolute atomic E-state index is 11.8. The van der Waals surface area contributed by atoms with Crippen LogP contribution in [0.25, 0.3) is 9.75 Å². The topological polar surface area (TPSA) is 70.6 Å². The van der Waals surface area contributed by atoms with E-state index in [9.17, 15) is 9.90 Å². The van der Waals surface area contributed by atoms with Crippen molar-refractivity contribution in [1.82, 2.24) is 10.6 Å². The molecule has 1 aromatic carbocycles. The molecule has 0 unspecified atom stereocenters. The molecule has 0 saturated heterocycles. The van der Waals surface area contributed by atoms with Crippen LogP contribution in [0.5, 0.6) is 5.75 Å². The van der Waals surface area contributed by atoms with Crippen LogP contribution in [-0.4, -0.2) is 30.8 Å². The molecule has 0 radical (unpaired) electrons. The Labute approximate surface area is 160 Å². The molecule has 1 atom stereocenters. The first-order chi connectivity index (χ1) is 12.7. The Morgan fingerprint density at radius 1 is 1.04 bits per heavy atom. The predicted molar refractivity (Wildman–Crippen MR) is 106 cm³/mol. The first-order valence-corrected chi connectivity index (χ1v) is 9.93. The van der Waals surface area contributed by atoms with Gasteiger partial charge in [0.15, 0.2) is 0 Å². The van der Waals surface area contributed by atoms with E-state index >= 15 is 0 Å². The fourth-order valence-corrected chi connectivity index (χ4v) is 4.11. The molecule has 0 aliphatic heterocycles. The standard InChI is InChI=1S/C19H20N2O3S2/c22-15(16-8-9-18(26-16)17-7-4-12-25-17)13-21-19(23)20-10-11-24-14-5-2-1-3-6-14/h1-9,12,15,22H,10-11,13H2,(H2,20,21,23)/t15-/m0/s1. The summed E-state index contributed by atoms with van der Waals surface area (Å²) in [5, 5.41) is 17.7. The molecule has 0 fully saturated rings. The van der Waals surface area contributed by atoms with Gasteiger partial charge in [0.25, 0.3) is 0 Å². The van der Waals surface area contributed by atoms with Gasteiger partial charge in [0.1, 0.15) is 18.5 Å². The highest BCUT2D eigenvalue weighted by atomic mass is 32.1. The molecule has 3 N–H and O–H groups in total. The highest BCUT2D eigenvalue weighted by Crippen LogP contribution is 2.33. The molecule has 2 amide bonds. The number of ether oxygens (including phenoxy) is 1. The van der Waals surface area contributed by atoms with Crippen LogP contribution >= 0.6 is 22.7 Å². The molecule has 3 aromatic rings. The first kappa shape index (κ1) is 18.4. The quantitative estimate of drug-likeness (QED) is 0.513. The van der Waals surface area contributed by atoms with E-state index < -0.39 is 6.10 Å². The monoisotopic (exact) mass is 388 g/mol. The SMILES string of the molecule is O=C(NCCOc1ccccc1)NC[C@H](O)c1ccc(-c2cccs2)s1. The summed E-state index contributed by atoms with van der Waals surface area (Å²) in [7, 11) is 0. The molecule has 0 aliphatic rings. The number of hydrogen-bond donors (Lipinski definition) is 3. The average Bonchev–Trinajstić information content (AvgIpc) is 3.35. The lowest BCUT2D eigenvalue weighted by atomic mass is 10.3. The Balaban J connectivity index is 1.36. The summed E-state index contributed by atoms with van der Waals surface area (Å²) in [6.07, 6.45) is -0.722. The number of carbonyl (C=O) groups is 1. The van der Waals surface area contributed by atoms with Gasteiger partial charge in [-0.2, -0.15) is 0 Å². The second-order valence-electron chi connectivity index (χ2n) is 5.49.